The SMILES string of the molecule is Cc1cc(C(C(C)C)C(C)Cl)ccc1[N+](=O)[O-]. The normalized spacial score (nSPS) is 14.7. The van der Waals surface area contributed by atoms with Crippen molar-refractivity contribution in [2.24, 2.45) is 5.92 Å². The van der Waals surface area contributed by atoms with Crippen LogP contribution in [0.2, 0.25) is 0 Å². The maximum absolute atomic E-state index is 10.8. The Balaban J connectivity index is 3.15. The van der Waals surface area contributed by atoms with Crippen LogP contribution >= 0.6 is 11.6 Å². The first kappa shape index (κ1) is 14.0. The van der Waals surface area contributed by atoms with Gasteiger partial charge >= 0.3 is 0 Å². The van der Waals surface area contributed by atoms with Crippen molar-refractivity contribution < 1.29 is 4.92 Å². The number of alkyl halides is 1. The zero-order valence-corrected chi connectivity index (χ0v) is 11.4. The van der Waals surface area contributed by atoms with Gasteiger partial charge < -0.3 is 0 Å². The van der Waals surface area contributed by atoms with E-state index in [4.69, 9.17) is 11.6 Å². The smallest absolute Gasteiger partial charge is 0.258 e. The summed E-state index contributed by atoms with van der Waals surface area (Å²) in [6, 6.07) is 5.26. The van der Waals surface area contributed by atoms with E-state index in [1.807, 2.05) is 19.1 Å². The van der Waals surface area contributed by atoms with Crippen molar-refractivity contribution in [3.8, 4) is 0 Å². The number of nitro groups is 1. The molecule has 0 amide bonds. The molecule has 0 aliphatic carbocycles. The van der Waals surface area contributed by atoms with Gasteiger partial charge in [0.1, 0.15) is 0 Å². The lowest BCUT2D eigenvalue weighted by Crippen LogP contribution is -2.16. The first-order valence-electron chi connectivity index (χ1n) is 5.73. The van der Waals surface area contributed by atoms with Gasteiger partial charge in [-0.2, -0.15) is 0 Å². The van der Waals surface area contributed by atoms with Crippen LogP contribution in [-0.2, 0) is 0 Å². The van der Waals surface area contributed by atoms with Crippen LogP contribution in [0.1, 0.15) is 37.8 Å². The Morgan fingerprint density at radius 1 is 1.29 bits per heavy atom. The number of aryl methyl sites for hydroxylation is 1. The van der Waals surface area contributed by atoms with Crippen molar-refractivity contribution in [2.45, 2.75) is 39.0 Å². The van der Waals surface area contributed by atoms with Gasteiger partial charge in [-0.1, -0.05) is 19.9 Å². The number of nitrogens with zero attached hydrogens (tertiary/aromatic N) is 1. The van der Waals surface area contributed by atoms with E-state index in [-0.39, 0.29) is 21.9 Å². The van der Waals surface area contributed by atoms with Crippen molar-refractivity contribution in [3.63, 3.8) is 0 Å². The van der Waals surface area contributed by atoms with Crippen LogP contribution in [-0.4, -0.2) is 10.3 Å². The number of rotatable bonds is 4. The Morgan fingerprint density at radius 2 is 1.88 bits per heavy atom. The number of hydrogen-bond donors (Lipinski definition) is 0. The predicted octanol–water partition coefficient (Wildman–Crippen LogP) is 4.27. The highest BCUT2D eigenvalue weighted by molar-refractivity contribution is 6.20. The molecule has 2 unspecified atom stereocenters. The zero-order chi connectivity index (χ0) is 13.2. The molecule has 1 aromatic rings. The largest absolute Gasteiger partial charge is 0.272 e. The summed E-state index contributed by atoms with van der Waals surface area (Å²) in [5.74, 6) is 0.625. The second kappa shape index (κ2) is 5.50. The molecule has 0 fully saturated rings. The fourth-order valence-electron chi connectivity index (χ4n) is 2.27. The van der Waals surface area contributed by atoms with Crippen LogP contribution < -0.4 is 0 Å². The van der Waals surface area contributed by atoms with E-state index in [1.165, 1.54) is 0 Å². The molecule has 94 valence electrons. The molecular weight excluding hydrogens is 238 g/mol. The highest BCUT2D eigenvalue weighted by Crippen LogP contribution is 2.33. The average Bonchev–Trinajstić information content (AvgIpc) is 2.15. The van der Waals surface area contributed by atoms with Gasteiger partial charge in [0.2, 0.25) is 0 Å². The summed E-state index contributed by atoms with van der Waals surface area (Å²) in [4.78, 5) is 10.4. The van der Waals surface area contributed by atoms with Crippen molar-refractivity contribution in [1.82, 2.24) is 0 Å². The Kier molecular flexibility index (Phi) is 4.52. The van der Waals surface area contributed by atoms with E-state index in [9.17, 15) is 10.1 Å². The Morgan fingerprint density at radius 3 is 2.24 bits per heavy atom. The minimum Gasteiger partial charge on any atom is -0.258 e. The van der Waals surface area contributed by atoms with E-state index >= 15 is 0 Å². The van der Waals surface area contributed by atoms with Gasteiger partial charge in [-0.25, -0.2) is 0 Å². The van der Waals surface area contributed by atoms with Gasteiger partial charge in [0, 0.05) is 22.9 Å². The molecule has 0 bridgehead atoms. The standard InChI is InChI=1S/C13H18ClNO2/c1-8(2)13(10(4)14)11-5-6-12(15(16)17)9(3)7-11/h5-8,10,13H,1-4H3. The Labute approximate surface area is 107 Å². The van der Waals surface area contributed by atoms with Gasteiger partial charge in [-0.15, -0.1) is 11.6 Å². The minimum atomic E-state index is -0.354. The van der Waals surface area contributed by atoms with Crippen molar-refractivity contribution >= 4 is 17.3 Å². The van der Waals surface area contributed by atoms with Crippen molar-refractivity contribution in [1.29, 1.82) is 0 Å². The van der Waals surface area contributed by atoms with Gasteiger partial charge in [-0.3, -0.25) is 10.1 Å². The summed E-state index contributed by atoms with van der Waals surface area (Å²) in [5, 5.41) is 10.8. The molecule has 1 aromatic carbocycles. The van der Waals surface area contributed by atoms with E-state index in [1.54, 1.807) is 13.0 Å². The monoisotopic (exact) mass is 255 g/mol. The fourth-order valence-corrected chi connectivity index (χ4v) is 2.71. The molecule has 0 saturated carbocycles. The van der Waals surface area contributed by atoms with Crippen LogP contribution in [0.3, 0.4) is 0 Å². The molecule has 0 aliphatic heterocycles. The van der Waals surface area contributed by atoms with Crippen LogP contribution in [0.25, 0.3) is 0 Å². The summed E-state index contributed by atoms with van der Waals surface area (Å²) >= 11 is 6.19. The predicted molar refractivity (Wildman–Crippen MR) is 70.7 cm³/mol. The maximum Gasteiger partial charge on any atom is 0.272 e. The minimum absolute atomic E-state index is 0.0101. The van der Waals surface area contributed by atoms with Gasteiger partial charge in [0.15, 0.2) is 0 Å². The Bertz CT molecular complexity index is 408. The van der Waals surface area contributed by atoms with Crippen molar-refractivity contribution in [3.05, 3.63) is 39.4 Å². The second-order valence-electron chi connectivity index (χ2n) is 4.75. The molecule has 0 aliphatic rings. The summed E-state index contributed by atoms with van der Waals surface area (Å²) in [6.07, 6.45) is 0. The lowest BCUT2D eigenvalue weighted by Gasteiger charge is -2.24. The lowest BCUT2D eigenvalue weighted by atomic mass is 9.85. The highest BCUT2D eigenvalue weighted by Gasteiger charge is 2.22. The summed E-state index contributed by atoms with van der Waals surface area (Å²) in [6.45, 7) is 7.95. The molecule has 3 nitrogen and oxygen atoms in total. The lowest BCUT2D eigenvalue weighted by molar-refractivity contribution is -0.385. The molecular formula is C13H18ClNO2. The molecule has 2 atom stereocenters. The van der Waals surface area contributed by atoms with E-state index in [2.05, 4.69) is 13.8 Å². The number of halogens is 1. The first-order chi connectivity index (χ1) is 7.84. The van der Waals surface area contributed by atoms with E-state index in [0.29, 0.717) is 11.5 Å². The summed E-state index contributed by atoms with van der Waals surface area (Å²) < 4.78 is 0. The van der Waals surface area contributed by atoms with E-state index < -0.39 is 0 Å². The van der Waals surface area contributed by atoms with Crippen LogP contribution in [0.15, 0.2) is 18.2 Å². The molecule has 0 spiro atoms. The van der Waals surface area contributed by atoms with Crippen LogP contribution in [0, 0.1) is 23.0 Å². The van der Waals surface area contributed by atoms with Crippen molar-refractivity contribution in [2.75, 3.05) is 0 Å². The third-order valence-corrected chi connectivity index (χ3v) is 3.29. The van der Waals surface area contributed by atoms with Crippen LogP contribution in [0.5, 0.6) is 0 Å². The van der Waals surface area contributed by atoms with Gasteiger partial charge in [-0.05, 0) is 31.4 Å². The molecule has 0 aromatic heterocycles. The molecule has 0 heterocycles. The summed E-state index contributed by atoms with van der Waals surface area (Å²) in [7, 11) is 0. The number of hydrogen-bond acceptors (Lipinski definition) is 2. The highest BCUT2D eigenvalue weighted by atomic mass is 35.5. The zero-order valence-electron chi connectivity index (χ0n) is 10.6. The fraction of sp³-hybridized carbons (Fsp3) is 0.538. The molecule has 0 saturated heterocycles. The molecule has 1 rings (SSSR count). The van der Waals surface area contributed by atoms with E-state index in [0.717, 1.165) is 5.56 Å². The molecule has 0 N–H and O–H groups in total. The molecule has 0 radical (unpaired) electrons. The van der Waals surface area contributed by atoms with Gasteiger partial charge in [0.05, 0.1) is 4.92 Å². The topological polar surface area (TPSA) is 43.1 Å². The quantitative estimate of drug-likeness (QED) is 0.458. The Hall–Kier alpha value is -1.09. The average molecular weight is 256 g/mol. The third kappa shape index (κ3) is 3.19. The van der Waals surface area contributed by atoms with Gasteiger partial charge in [0.25, 0.3) is 5.69 Å². The third-order valence-electron chi connectivity index (χ3n) is 3.02. The maximum atomic E-state index is 10.8. The number of benzene rings is 1. The first-order valence-corrected chi connectivity index (χ1v) is 6.17. The molecule has 4 heteroatoms. The van der Waals surface area contributed by atoms with Crippen LogP contribution in [0.4, 0.5) is 5.69 Å². The molecule has 17 heavy (non-hydrogen) atoms. The second-order valence-corrected chi connectivity index (χ2v) is 5.44. The number of nitro benzene ring substituents is 1. The summed E-state index contributed by atoms with van der Waals surface area (Å²) in [5.41, 5.74) is 1.93.